The van der Waals surface area contributed by atoms with Crippen LogP contribution < -0.4 is 5.32 Å². The van der Waals surface area contributed by atoms with Gasteiger partial charge in [0.1, 0.15) is 0 Å². The minimum atomic E-state index is -0.933. The first-order chi connectivity index (χ1) is 9.56. The molecule has 1 rings (SSSR count). The summed E-state index contributed by atoms with van der Waals surface area (Å²) in [5.41, 5.74) is 1.24. The molecule has 0 bridgehead atoms. The zero-order chi connectivity index (χ0) is 15.0. The van der Waals surface area contributed by atoms with E-state index in [2.05, 4.69) is 12.2 Å². The van der Waals surface area contributed by atoms with Crippen LogP contribution in [0.25, 0.3) is 0 Å². The second-order valence-corrected chi connectivity index (χ2v) is 5.54. The Balaban J connectivity index is 2.42. The SMILES string of the molecule is CCC(CSC)NC(=O)CCc1ccc(C(=O)O)cc1. The van der Waals surface area contributed by atoms with Crippen LogP contribution in [0, 0.1) is 0 Å². The van der Waals surface area contributed by atoms with Crippen LogP contribution >= 0.6 is 11.8 Å². The van der Waals surface area contributed by atoms with Crippen LogP contribution in [0.15, 0.2) is 24.3 Å². The fraction of sp³-hybridized carbons (Fsp3) is 0.467. The molecule has 1 atom stereocenters. The average molecular weight is 295 g/mol. The fourth-order valence-corrected chi connectivity index (χ4v) is 2.56. The molecule has 1 aromatic rings. The normalized spacial score (nSPS) is 11.9. The van der Waals surface area contributed by atoms with Gasteiger partial charge < -0.3 is 10.4 Å². The Morgan fingerprint density at radius 2 is 1.95 bits per heavy atom. The standard InChI is InChI=1S/C15H21NO3S/c1-3-13(10-20-2)16-14(17)9-6-11-4-7-12(8-5-11)15(18)19/h4-5,7-8,13H,3,6,9-10H2,1-2H3,(H,16,17)(H,18,19). The van der Waals surface area contributed by atoms with Gasteiger partial charge in [0.2, 0.25) is 5.91 Å². The molecule has 0 radical (unpaired) electrons. The van der Waals surface area contributed by atoms with E-state index in [4.69, 9.17) is 5.11 Å². The van der Waals surface area contributed by atoms with Gasteiger partial charge in [-0.3, -0.25) is 4.79 Å². The van der Waals surface area contributed by atoms with Crippen LogP contribution in [0.1, 0.15) is 35.7 Å². The predicted octanol–water partition coefficient (Wildman–Crippen LogP) is 2.58. The molecule has 1 unspecified atom stereocenters. The summed E-state index contributed by atoms with van der Waals surface area (Å²) in [5, 5.41) is 11.8. The topological polar surface area (TPSA) is 66.4 Å². The molecule has 0 saturated carbocycles. The highest BCUT2D eigenvalue weighted by molar-refractivity contribution is 7.98. The van der Waals surface area contributed by atoms with E-state index in [1.54, 1.807) is 36.0 Å². The Bertz CT molecular complexity index is 445. The number of hydrogen-bond donors (Lipinski definition) is 2. The maximum absolute atomic E-state index is 11.8. The molecule has 4 nitrogen and oxygen atoms in total. The molecule has 2 N–H and O–H groups in total. The number of thioether (sulfide) groups is 1. The molecule has 0 aliphatic heterocycles. The van der Waals surface area contributed by atoms with E-state index in [1.807, 2.05) is 6.26 Å². The van der Waals surface area contributed by atoms with Crippen LogP contribution in [0.5, 0.6) is 0 Å². The van der Waals surface area contributed by atoms with Gasteiger partial charge in [0, 0.05) is 18.2 Å². The summed E-state index contributed by atoms with van der Waals surface area (Å²) < 4.78 is 0. The molecular weight excluding hydrogens is 274 g/mol. The number of rotatable bonds is 8. The number of nitrogens with one attached hydrogen (secondary N) is 1. The molecular formula is C15H21NO3S. The second-order valence-electron chi connectivity index (χ2n) is 4.63. The number of hydrogen-bond acceptors (Lipinski definition) is 3. The van der Waals surface area contributed by atoms with E-state index in [0.717, 1.165) is 17.7 Å². The molecule has 20 heavy (non-hydrogen) atoms. The van der Waals surface area contributed by atoms with E-state index in [0.29, 0.717) is 12.8 Å². The molecule has 0 aliphatic carbocycles. The van der Waals surface area contributed by atoms with Crippen molar-refractivity contribution in [3.05, 3.63) is 35.4 Å². The summed E-state index contributed by atoms with van der Waals surface area (Å²) in [5.74, 6) is 0.0422. The van der Waals surface area contributed by atoms with Gasteiger partial charge in [-0.2, -0.15) is 11.8 Å². The summed E-state index contributed by atoms with van der Waals surface area (Å²) in [7, 11) is 0. The lowest BCUT2D eigenvalue weighted by Crippen LogP contribution is -2.36. The first kappa shape index (κ1) is 16.6. The highest BCUT2D eigenvalue weighted by atomic mass is 32.2. The summed E-state index contributed by atoms with van der Waals surface area (Å²) >= 11 is 1.72. The van der Waals surface area contributed by atoms with Crippen LogP contribution in [0.4, 0.5) is 0 Å². The van der Waals surface area contributed by atoms with Crippen LogP contribution in [0.3, 0.4) is 0 Å². The minimum Gasteiger partial charge on any atom is -0.478 e. The zero-order valence-electron chi connectivity index (χ0n) is 11.9. The first-order valence-corrected chi connectivity index (χ1v) is 8.06. The van der Waals surface area contributed by atoms with Gasteiger partial charge >= 0.3 is 5.97 Å². The highest BCUT2D eigenvalue weighted by Crippen LogP contribution is 2.07. The van der Waals surface area contributed by atoms with Gasteiger partial charge in [0.25, 0.3) is 0 Å². The van der Waals surface area contributed by atoms with E-state index in [9.17, 15) is 9.59 Å². The number of amides is 1. The van der Waals surface area contributed by atoms with E-state index in [1.165, 1.54) is 0 Å². The van der Waals surface area contributed by atoms with Gasteiger partial charge in [-0.25, -0.2) is 4.79 Å². The molecule has 0 aliphatic rings. The number of carbonyl (C=O) groups excluding carboxylic acids is 1. The zero-order valence-corrected chi connectivity index (χ0v) is 12.7. The highest BCUT2D eigenvalue weighted by Gasteiger charge is 2.10. The number of carbonyl (C=O) groups is 2. The lowest BCUT2D eigenvalue weighted by molar-refractivity contribution is -0.121. The molecule has 110 valence electrons. The van der Waals surface area contributed by atoms with Crippen molar-refractivity contribution in [1.82, 2.24) is 5.32 Å². The Kier molecular flexibility index (Phi) is 7.15. The average Bonchev–Trinajstić information content (AvgIpc) is 2.45. The number of aromatic carboxylic acids is 1. The third kappa shape index (κ3) is 5.65. The van der Waals surface area contributed by atoms with Crippen molar-refractivity contribution in [2.75, 3.05) is 12.0 Å². The summed E-state index contributed by atoms with van der Waals surface area (Å²) in [6.45, 7) is 2.06. The lowest BCUT2D eigenvalue weighted by atomic mass is 10.1. The summed E-state index contributed by atoms with van der Waals surface area (Å²) in [6.07, 6.45) is 4.01. The Morgan fingerprint density at radius 3 is 2.45 bits per heavy atom. The van der Waals surface area contributed by atoms with E-state index >= 15 is 0 Å². The number of carboxylic acids is 1. The maximum Gasteiger partial charge on any atom is 0.335 e. The molecule has 0 aromatic heterocycles. The predicted molar refractivity (Wildman–Crippen MR) is 82.3 cm³/mol. The third-order valence-corrected chi connectivity index (χ3v) is 3.80. The number of aryl methyl sites for hydroxylation is 1. The van der Waals surface area contributed by atoms with Gasteiger partial charge in [-0.1, -0.05) is 19.1 Å². The molecule has 1 aromatic carbocycles. The van der Waals surface area contributed by atoms with Crippen molar-refractivity contribution in [2.45, 2.75) is 32.2 Å². The minimum absolute atomic E-state index is 0.0493. The molecule has 0 fully saturated rings. The van der Waals surface area contributed by atoms with Gasteiger partial charge in [0.05, 0.1) is 5.56 Å². The quantitative estimate of drug-likeness (QED) is 0.773. The number of carboxylic acid groups (broad SMARTS) is 1. The second kappa shape index (κ2) is 8.64. The third-order valence-electron chi connectivity index (χ3n) is 3.07. The monoisotopic (exact) mass is 295 g/mol. The van der Waals surface area contributed by atoms with Crippen molar-refractivity contribution in [1.29, 1.82) is 0 Å². The number of benzene rings is 1. The summed E-state index contributed by atoms with van der Waals surface area (Å²) in [6, 6.07) is 6.88. The van der Waals surface area contributed by atoms with Crippen molar-refractivity contribution in [3.8, 4) is 0 Å². The van der Waals surface area contributed by atoms with Crippen LogP contribution in [-0.2, 0) is 11.2 Å². The Labute approximate surface area is 124 Å². The van der Waals surface area contributed by atoms with E-state index in [-0.39, 0.29) is 17.5 Å². The Morgan fingerprint density at radius 1 is 1.30 bits per heavy atom. The van der Waals surface area contributed by atoms with Crippen molar-refractivity contribution in [3.63, 3.8) is 0 Å². The summed E-state index contributed by atoms with van der Waals surface area (Å²) in [4.78, 5) is 22.5. The van der Waals surface area contributed by atoms with Crippen molar-refractivity contribution in [2.24, 2.45) is 0 Å². The van der Waals surface area contributed by atoms with Crippen LogP contribution in [0.2, 0.25) is 0 Å². The van der Waals surface area contributed by atoms with Crippen molar-refractivity contribution < 1.29 is 14.7 Å². The van der Waals surface area contributed by atoms with Crippen LogP contribution in [-0.4, -0.2) is 35.0 Å². The molecule has 1 amide bonds. The molecule has 5 heteroatoms. The van der Waals surface area contributed by atoms with Gasteiger partial charge in [0.15, 0.2) is 0 Å². The van der Waals surface area contributed by atoms with Gasteiger partial charge in [-0.05, 0) is 36.8 Å². The molecule has 0 saturated heterocycles. The fourth-order valence-electron chi connectivity index (χ4n) is 1.83. The maximum atomic E-state index is 11.8. The molecule has 0 spiro atoms. The van der Waals surface area contributed by atoms with Crippen molar-refractivity contribution >= 4 is 23.6 Å². The first-order valence-electron chi connectivity index (χ1n) is 6.67. The lowest BCUT2D eigenvalue weighted by Gasteiger charge is -2.15. The smallest absolute Gasteiger partial charge is 0.335 e. The van der Waals surface area contributed by atoms with E-state index < -0.39 is 5.97 Å². The molecule has 0 heterocycles. The van der Waals surface area contributed by atoms with Gasteiger partial charge in [-0.15, -0.1) is 0 Å². The Hall–Kier alpha value is -1.49. The largest absolute Gasteiger partial charge is 0.478 e.